The van der Waals surface area contributed by atoms with Gasteiger partial charge in [-0.1, -0.05) is 23.9 Å². The van der Waals surface area contributed by atoms with Crippen LogP contribution in [0.3, 0.4) is 0 Å². The standard InChI is InChI=1S/C19H20N6O2S/c1-23(2)14-5-3-13(4-6-14)12-25-16(7-8-21-25)22-17(26)15-11-20-19-24(18(15)27)9-10-28-19/h3-8,11H,9-10,12H2,1-2H3,(H,22,26). The van der Waals surface area contributed by atoms with Crippen LogP contribution in [-0.2, 0) is 13.1 Å². The van der Waals surface area contributed by atoms with Gasteiger partial charge in [-0.25, -0.2) is 9.67 Å². The van der Waals surface area contributed by atoms with Crippen LogP contribution in [0.5, 0.6) is 0 Å². The predicted octanol–water partition coefficient (Wildman–Crippen LogP) is 1.91. The topological polar surface area (TPSA) is 85.1 Å². The van der Waals surface area contributed by atoms with Crippen LogP contribution in [0.4, 0.5) is 11.5 Å². The van der Waals surface area contributed by atoms with Gasteiger partial charge in [0.2, 0.25) is 0 Å². The highest BCUT2D eigenvalue weighted by Crippen LogP contribution is 2.21. The number of rotatable bonds is 5. The molecule has 0 fully saturated rings. The highest BCUT2D eigenvalue weighted by molar-refractivity contribution is 7.99. The summed E-state index contributed by atoms with van der Waals surface area (Å²) < 4.78 is 3.24. The highest BCUT2D eigenvalue weighted by atomic mass is 32.2. The van der Waals surface area contributed by atoms with Gasteiger partial charge >= 0.3 is 0 Å². The lowest BCUT2D eigenvalue weighted by Gasteiger charge is -2.13. The first-order valence-electron chi connectivity index (χ1n) is 8.85. The van der Waals surface area contributed by atoms with Gasteiger partial charge in [0.15, 0.2) is 5.16 Å². The lowest BCUT2D eigenvalue weighted by Crippen LogP contribution is -2.30. The van der Waals surface area contributed by atoms with Crippen molar-refractivity contribution < 1.29 is 4.79 Å². The Morgan fingerprint density at radius 2 is 2.04 bits per heavy atom. The quantitative estimate of drug-likeness (QED) is 0.663. The zero-order chi connectivity index (χ0) is 19.7. The Balaban J connectivity index is 1.52. The number of hydrogen-bond donors (Lipinski definition) is 1. The largest absolute Gasteiger partial charge is 0.378 e. The van der Waals surface area contributed by atoms with E-state index in [1.165, 1.54) is 18.0 Å². The second kappa shape index (κ2) is 7.51. The van der Waals surface area contributed by atoms with E-state index in [1.807, 2.05) is 43.3 Å². The second-order valence-electron chi connectivity index (χ2n) is 6.65. The monoisotopic (exact) mass is 396 g/mol. The van der Waals surface area contributed by atoms with Gasteiger partial charge in [0, 0.05) is 44.3 Å². The zero-order valence-corrected chi connectivity index (χ0v) is 16.4. The third-order valence-electron chi connectivity index (χ3n) is 4.54. The molecule has 1 N–H and O–H groups in total. The number of thioether (sulfide) groups is 1. The molecule has 0 atom stereocenters. The third-order valence-corrected chi connectivity index (χ3v) is 5.52. The Bertz CT molecular complexity index is 1070. The average molecular weight is 396 g/mol. The van der Waals surface area contributed by atoms with Gasteiger partial charge in [0.1, 0.15) is 11.4 Å². The number of nitrogens with zero attached hydrogens (tertiary/aromatic N) is 5. The van der Waals surface area contributed by atoms with Crippen LogP contribution in [0.15, 0.2) is 52.7 Å². The molecule has 0 saturated heterocycles. The predicted molar refractivity (Wildman–Crippen MR) is 109 cm³/mol. The molecular formula is C19H20N6O2S. The molecule has 0 radical (unpaired) electrons. The van der Waals surface area contributed by atoms with Crippen molar-refractivity contribution in [3.8, 4) is 0 Å². The summed E-state index contributed by atoms with van der Waals surface area (Å²) in [4.78, 5) is 31.4. The molecule has 9 heteroatoms. The van der Waals surface area contributed by atoms with Gasteiger partial charge < -0.3 is 10.2 Å². The summed E-state index contributed by atoms with van der Waals surface area (Å²) in [6.45, 7) is 1.09. The van der Waals surface area contributed by atoms with Gasteiger partial charge in [0.05, 0.1) is 12.7 Å². The van der Waals surface area contributed by atoms with Gasteiger partial charge in [-0.15, -0.1) is 0 Å². The lowest BCUT2D eigenvalue weighted by molar-refractivity contribution is 0.102. The fourth-order valence-corrected chi connectivity index (χ4v) is 3.91. The first kappa shape index (κ1) is 18.3. The normalized spacial score (nSPS) is 12.6. The number of nitrogens with one attached hydrogen (secondary N) is 1. The Hall–Kier alpha value is -3.07. The first-order valence-corrected chi connectivity index (χ1v) is 9.83. The van der Waals surface area contributed by atoms with Crippen molar-refractivity contribution >= 4 is 29.2 Å². The zero-order valence-electron chi connectivity index (χ0n) is 15.6. The van der Waals surface area contributed by atoms with Crippen LogP contribution in [0.2, 0.25) is 0 Å². The summed E-state index contributed by atoms with van der Waals surface area (Å²) in [6, 6.07) is 9.83. The van der Waals surface area contributed by atoms with Crippen molar-refractivity contribution in [3.63, 3.8) is 0 Å². The molecular weight excluding hydrogens is 376 g/mol. The van der Waals surface area contributed by atoms with Gasteiger partial charge in [-0.2, -0.15) is 5.10 Å². The highest BCUT2D eigenvalue weighted by Gasteiger charge is 2.20. The molecule has 0 aliphatic carbocycles. The smallest absolute Gasteiger partial charge is 0.267 e. The number of carbonyl (C=O) groups is 1. The van der Waals surface area contributed by atoms with Crippen molar-refractivity contribution in [3.05, 3.63) is 64.2 Å². The number of hydrogen-bond acceptors (Lipinski definition) is 6. The fourth-order valence-electron chi connectivity index (χ4n) is 2.99. The molecule has 0 bridgehead atoms. The van der Waals surface area contributed by atoms with Crippen molar-refractivity contribution in [2.24, 2.45) is 0 Å². The average Bonchev–Trinajstić information content (AvgIpc) is 3.32. The van der Waals surface area contributed by atoms with E-state index in [0.29, 0.717) is 24.1 Å². The van der Waals surface area contributed by atoms with Crippen LogP contribution in [-0.4, -0.2) is 45.1 Å². The van der Waals surface area contributed by atoms with Crippen molar-refractivity contribution in [2.45, 2.75) is 18.2 Å². The van der Waals surface area contributed by atoms with E-state index in [2.05, 4.69) is 15.4 Å². The van der Waals surface area contributed by atoms with E-state index in [4.69, 9.17) is 0 Å². The summed E-state index contributed by atoms with van der Waals surface area (Å²) in [5, 5.41) is 7.73. The SMILES string of the molecule is CN(C)c1ccc(Cn2nccc2NC(=O)c2cnc3n(c2=O)CCS3)cc1. The minimum Gasteiger partial charge on any atom is -0.378 e. The molecule has 144 valence electrons. The third kappa shape index (κ3) is 3.53. The van der Waals surface area contributed by atoms with Crippen LogP contribution in [0.1, 0.15) is 15.9 Å². The number of anilines is 2. The second-order valence-corrected chi connectivity index (χ2v) is 7.71. The number of amides is 1. The maximum Gasteiger partial charge on any atom is 0.267 e. The van der Waals surface area contributed by atoms with E-state index in [9.17, 15) is 9.59 Å². The summed E-state index contributed by atoms with van der Waals surface area (Å²) in [7, 11) is 3.98. The molecule has 8 nitrogen and oxygen atoms in total. The molecule has 28 heavy (non-hydrogen) atoms. The molecule has 4 rings (SSSR count). The maximum atomic E-state index is 12.6. The van der Waals surface area contributed by atoms with Crippen LogP contribution in [0.25, 0.3) is 0 Å². The first-order chi connectivity index (χ1) is 13.5. The molecule has 0 spiro atoms. The molecule has 1 aliphatic rings. The molecule has 0 saturated carbocycles. The minimum atomic E-state index is -0.477. The molecule has 3 heterocycles. The Kier molecular flexibility index (Phi) is 4.91. The van der Waals surface area contributed by atoms with Crippen molar-refractivity contribution in [2.75, 3.05) is 30.1 Å². The van der Waals surface area contributed by atoms with Crippen LogP contribution in [0, 0.1) is 0 Å². The molecule has 0 unspecified atom stereocenters. The summed E-state index contributed by atoms with van der Waals surface area (Å²) in [5.74, 6) is 0.850. The van der Waals surface area contributed by atoms with Crippen LogP contribution >= 0.6 is 11.8 Å². The molecule has 2 aromatic heterocycles. The van der Waals surface area contributed by atoms with Gasteiger partial charge in [-0.3, -0.25) is 14.2 Å². The van der Waals surface area contributed by atoms with E-state index >= 15 is 0 Å². The van der Waals surface area contributed by atoms with E-state index in [0.717, 1.165) is 17.0 Å². The molecule has 1 aliphatic heterocycles. The number of fused-ring (bicyclic) bond motifs is 1. The number of benzene rings is 1. The van der Waals surface area contributed by atoms with E-state index < -0.39 is 5.91 Å². The number of aromatic nitrogens is 4. The molecule has 3 aromatic rings. The number of carbonyl (C=O) groups excluding carboxylic acids is 1. The van der Waals surface area contributed by atoms with Gasteiger partial charge in [0.25, 0.3) is 11.5 Å². The summed E-state index contributed by atoms with van der Waals surface area (Å²) in [6.07, 6.45) is 2.97. The Labute approximate surface area is 166 Å². The van der Waals surface area contributed by atoms with Crippen LogP contribution < -0.4 is 15.8 Å². The lowest BCUT2D eigenvalue weighted by atomic mass is 10.2. The summed E-state index contributed by atoms with van der Waals surface area (Å²) in [5.41, 5.74) is 1.90. The molecule has 1 amide bonds. The van der Waals surface area contributed by atoms with Crippen molar-refractivity contribution in [1.29, 1.82) is 0 Å². The van der Waals surface area contributed by atoms with E-state index in [-0.39, 0.29) is 11.1 Å². The van der Waals surface area contributed by atoms with Gasteiger partial charge in [-0.05, 0) is 17.7 Å². The summed E-state index contributed by atoms with van der Waals surface area (Å²) >= 11 is 1.52. The Morgan fingerprint density at radius 3 is 2.79 bits per heavy atom. The minimum absolute atomic E-state index is 0.0364. The maximum absolute atomic E-state index is 12.6. The Morgan fingerprint density at radius 1 is 1.25 bits per heavy atom. The fraction of sp³-hybridized carbons (Fsp3) is 0.263. The molecule has 1 aromatic carbocycles. The van der Waals surface area contributed by atoms with E-state index in [1.54, 1.807) is 21.5 Å². The van der Waals surface area contributed by atoms with Crippen molar-refractivity contribution in [1.82, 2.24) is 19.3 Å².